The van der Waals surface area contributed by atoms with Gasteiger partial charge in [-0.25, -0.2) is 9.78 Å². The topological polar surface area (TPSA) is 137 Å². The highest BCUT2D eigenvalue weighted by atomic mass is 16.5. The molecule has 2 fully saturated rings. The van der Waals surface area contributed by atoms with Crippen molar-refractivity contribution in [1.29, 1.82) is 0 Å². The molecule has 2 aromatic carbocycles. The third kappa shape index (κ3) is 7.19. The molecule has 2 aliphatic rings. The number of nitrogens with one attached hydrogen (secondary N) is 3. The lowest BCUT2D eigenvalue weighted by atomic mass is 10.2. The normalized spacial score (nSPS) is 16.5. The molecule has 43 heavy (non-hydrogen) atoms. The molecule has 4 heterocycles. The van der Waals surface area contributed by atoms with Gasteiger partial charge < -0.3 is 34.9 Å². The number of carbonyl (C=O) groups excluding carboxylic acids is 1. The van der Waals surface area contributed by atoms with Crippen LogP contribution in [0.3, 0.4) is 0 Å². The van der Waals surface area contributed by atoms with Gasteiger partial charge in [-0.15, -0.1) is 0 Å². The van der Waals surface area contributed by atoms with Crippen LogP contribution in [0, 0.1) is 0 Å². The summed E-state index contributed by atoms with van der Waals surface area (Å²) in [5.74, 6) is 0.646. The van der Waals surface area contributed by atoms with Gasteiger partial charge in [-0.2, -0.15) is 15.0 Å². The van der Waals surface area contributed by atoms with Gasteiger partial charge in [0.25, 0.3) is 0 Å². The lowest BCUT2D eigenvalue weighted by Crippen LogP contribution is -2.46. The van der Waals surface area contributed by atoms with Crippen molar-refractivity contribution in [1.82, 2.24) is 29.8 Å². The summed E-state index contributed by atoms with van der Waals surface area (Å²) in [7, 11) is 1.34. The third-order valence-corrected chi connectivity index (χ3v) is 7.57. The summed E-state index contributed by atoms with van der Waals surface area (Å²) in [4.78, 5) is 40.7. The highest BCUT2D eigenvalue weighted by Crippen LogP contribution is 2.25. The minimum Gasteiger partial charge on any atom is -0.467 e. The number of rotatable bonds is 10. The molecule has 13 nitrogen and oxygen atoms in total. The van der Waals surface area contributed by atoms with E-state index in [1.54, 1.807) is 6.20 Å². The fraction of sp³-hybridized carbons (Fsp3) is 0.367. The van der Waals surface area contributed by atoms with Gasteiger partial charge in [0, 0.05) is 57.2 Å². The van der Waals surface area contributed by atoms with E-state index >= 15 is 0 Å². The maximum absolute atomic E-state index is 12.7. The Hall–Kier alpha value is -4.75. The van der Waals surface area contributed by atoms with Crippen LogP contribution in [0.15, 0.2) is 67.1 Å². The number of benzene rings is 2. The summed E-state index contributed by atoms with van der Waals surface area (Å²) in [6.45, 7) is 7.35. The molecule has 0 amide bonds. The maximum Gasteiger partial charge on any atom is 0.334 e. The zero-order valence-electron chi connectivity index (χ0n) is 24.1. The molecular weight excluding hydrogens is 548 g/mol. The van der Waals surface area contributed by atoms with Gasteiger partial charge in [-0.1, -0.05) is 30.3 Å². The largest absolute Gasteiger partial charge is 0.467 e. The molecule has 3 N–H and O–H groups in total. The Kier molecular flexibility index (Phi) is 8.90. The molecule has 2 aliphatic heterocycles. The zero-order valence-corrected chi connectivity index (χ0v) is 24.1. The van der Waals surface area contributed by atoms with Crippen molar-refractivity contribution >= 4 is 35.2 Å². The van der Waals surface area contributed by atoms with E-state index in [0.717, 1.165) is 70.4 Å². The number of esters is 1. The Morgan fingerprint density at radius 1 is 0.930 bits per heavy atom. The Morgan fingerprint density at radius 3 is 2.37 bits per heavy atom. The van der Waals surface area contributed by atoms with Crippen LogP contribution >= 0.6 is 0 Å². The SMILES string of the molecule is COC(=O)[C@@H](Nc1nc(Nc2ccc(N3CCOCC3)cc2)nc(N2CCN(Cc3ccccc3)CC2)n1)c1cnc[nH]1. The van der Waals surface area contributed by atoms with Crippen molar-refractivity contribution in [3.05, 3.63) is 78.4 Å². The van der Waals surface area contributed by atoms with Crippen molar-refractivity contribution < 1.29 is 14.3 Å². The number of nitrogens with zero attached hydrogens (tertiary/aromatic N) is 7. The van der Waals surface area contributed by atoms with Gasteiger partial charge in [0.1, 0.15) is 0 Å². The summed E-state index contributed by atoms with van der Waals surface area (Å²) in [5.41, 5.74) is 3.81. The lowest BCUT2D eigenvalue weighted by Gasteiger charge is -2.35. The molecule has 0 spiro atoms. The minimum absolute atomic E-state index is 0.245. The first-order valence-electron chi connectivity index (χ1n) is 14.4. The van der Waals surface area contributed by atoms with Gasteiger partial charge in [0.05, 0.1) is 38.5 Å². The van der Waals surface area contributed by atoms with E-state index in [-0.39, 0.29) is 5.95 Å². The number of aromatic nitrogens is 5. The van der Waals surface area contributed by atoms with Gasteiger partial charge in [-0.05, 0) is 29.8 Å². The van der Waals surface area contributed by atoms with E-state index in [2.05, 4.69) is 76.7 Å². The van der Waals surface area contributed by atoms with Crippen LogP contribution in [0.25, 0.3) is 0 Å². The van der Waals surface area contributed by atoms with E-state index < -0.39 is 12.0 Å². The second-order valence-corrected chi connectivity index (χ2v) is 10.4. The predicted molar refractivity (Wildman–Crippen MR) is 163 cm³/mol. The van der Waals surface area contributed by atoms with Crippen molar-refractivity contribution in [2.24, 2.45) is 0 Å². The Bertz CT molecular complexity index is 1460. The molecule has 224 valence electrons. The Balaban J connectivity index is 1.22. The monoisotopic (exact) mass is 584 g/mol. The van der Waals surface area contributed by atoms with Gasteiger partial charge in [0.15, 0.2) is 6.04 Å². The highest BCUT2D eigenvalue weighted by molar-refractivity contribution is 5.79. The molecule has 2 aromatic heterocycles. The number of H-pyrrole nitrogens is 1. The minimum atomic E-state index is -0.869. The predicted octanol–water partition coefficient (Wildman–Crippen LogP) is 2.82. The van der Waals surface area contributed by atoms with Crippen molar-refractivity contribution in [3.8, 4) is 0 Å². The fourth-order valence-electron chi connectivity index (χ4n) is 5.22. The smallest absolute Gasteiger partial charge is 0.334 e. The van der Waals surface area contributed by atoms with Crippen LogP contribution in [0.5, 0.6) is 0 Å². The molecule has 0 aliphatic carbocycles. The quantitative estimate of drug-likeness (QED) is 0.237. The molecule has 0 saturated carbocycles. The molecule has 0 bridgehead atoms. The van der Waals surface area contributed by atoms with Gasteiger partial charge >= 0.3 is 5.97 Å². The van der Waals surface area contributed by atoms with E-state index in [1.165, 1.54) is 19.0 Å². The number of imidazole rings is 1. The third-order valence-electron chi connectivity index (χ3n) is 7.57. The molecule has 13 heteroatoms. The Labute approximate surface area is 250 Å². The van der Waals surface area contributed by atoms with E-state index in [9.17, 15) is 4.79 Å². The second-order valence-electron chi connectivity index (χ2n) is 10.4. The van der Waals surface area contributed by atoms with Crippen molar-refractivity contribution in [3.63, 3.8) is 0 Å². The average molecular weight is 585 g/mol. The summed E-state index contributed by atoms with van der Waals surface area (Å²) >= 11 is 0. The van der Waals surface area contributed by atoms with Crippen LogP contribution in [-0.4, -0.2) is 95.4 Å². The molecule has 0 unspecified atom stereocenters. The van der Waals surface area contributed by atoms with E-state index in [0.29, 0.717) is 17.6 Å². The standard InChI is InChI=1S/C30H36N10O3/c1-42-27(41)26(25-19-31-21-32-25)34-29-35-28(33-23-7-9-24(10-8-23)39-15-17-43-18-16-39)36-30(37-29)40-13-11-38(12-14-40)20-22-5-3-2-4-6-22/h2-10,19,21,26H,11-18,20H2,1H3,(H,31,32)(H2,33,34,35,36,37)/t26-/m0/s1. The van der Waals surface area contributed by atoms with Crippen LogP contribution in [0.2, 0.25) is 0 Å². The van der Waals surface area contributed by atoms with Crippen LogP contribution in [0.1, 0.15) is 17.3 Å². The highest BCUT2D eigenvalue weighted by Gasteiger charge is 2.26. The van der Waals surface area contributed by atoms with Crippen molar-refractivity contribution in [2.45, 2.75) is 12.6 Å². The Morgan fingerprint density at radius 2 is 1.67 bits per heavy atom. The first kappa shape index (κ1) is 28.4. The van der Waals surface area contributed by atoms with Crippen LogP contribution < -0.4 is 20.4 Å². The molecule has 0 radical (unpaired) electrons. The number of ether oxygens (including phenoxy) is 2. The molecule has 2 saturated heterocycles. The van der Waals surface area contributed by atoms with Gasteiger partial charge in [0.2, 0.25) is 17.8 Å². The first-order valence-corrected chi connectivity index (χ1v) is 14.4. The van der Waals surface area contributed by atoms with E-state index in [1.807, 2.05) is 18.2 Å². The summed E-state index contributed by atoms with van der Waals surface area (Å²) < 4.78 is 10.5. The number of anilines is 5. The van der Waals surface area contributed by atoms with Gasteiger partial charge in [-0.3, -0.25) is 4.90 Å². The number of piperazine rings is 1. The summed E-state index contributed by atoms with van der Waals surface area (Å²) in [6.07, 6.45) is 3.08. The first-order chi connectivity index (χ1) is 21.1. The van der Waals surface area contributed by atoms with Crippen LogP contribution in [-0.2, 0) is 20.8 Å². The number of morpholine rings is 1. The number of aromatic amines is 1. The maximum atomic E-state index is 12.7. The number of carbonyl (C=O) groups is 1. The average Bonchev–Trinajstić information content (AvgIpc) is 3.60. The number of methoxy groups -OCH3 is 1. The summed E-state index contributed by atoms with van der Waals surface area (Å²) in [6, 6.07) is 17.8. The molecule has 1 atom stereocenters. The number of hydrogen-bond donors (Lipinski definition) is 3. The second kappa shape index (κ2) is 13.5. The van der Waals surface area contributed by atoms with Crippen molar-refractivity contribution in [2.75, 3.05) is 80.0 Å². The molecule has 4 aromatic rings. The summed E-state index contributed by atoms with van der Waals surface area (Å²) in [5, 5.41) is 6.46. The zero-order chi connectivity index (χ0) is 29.4. The molecular formula is C30H36N10O3. The van der Waals surface area contributed by atoms with E-state index in [4.69, 9.17) is 19.4 Å². The lowest BCUT2D eigenvalue weighted by molar-refractivity contribution is -0.141. The van der Waals surface area contributed by atoms with Crippen LogP contribution in [0.4, 0.5) is 29.2 Å². The fourth-order valence-corrected chi connectivity index (χ4v) is 5.22. The number of hydrogen-bond acceptors (Lipinski definition) is 12. The molecule has 6 rings (SSSR count).